The molecule has 0 aromatic heterocycles. The number of carbonyl (C=O) groups is 3. The van der Waals surface area contributed by atoms with E-state index in [0.717, 1.165) is 17.7 Å². The van der Waals surface area contributed by atoms with E-state index in [9.17, 15) is 18.8 Å². The zero-order valence-electron chi connectivity index (χ0n) is 17.6. The molecule has 3 rings (SSSR count). The number of likely N-dealkylation sites (N-methyl/N-ethyl adjacent to an activating group) is 1. The van der Waals surface area contributed by atoms with Crippen molar-refractivity contribution in [2.45, 2.75) is 58.5 Å². The highest BCUT2D eigenvalue weighted by Gasteiger charge is 2.53. The molecule has 1 aromatic carbocycles. The first kappa shape index (κ1) is 21.3. The van der Waals surface area contributed by atoms with Crippen molar-refractivity contribution in [3.63, 3.8) is 0 Å². The molecule has 29 heavy (non-hydrogen) atoms. The zero-order chi connectivity index (χ0) is 21.4. The van der Waals surface area contributed by atoms with Gasteiger partial charge in [0.15, 0.2) is 0 Å². The van der Waals surface area contributed by atoms with Gasteiger partial charge in [-0.2, -0.15) is 0 Å². The fraction of sp³-hybridized carbons (Fsp3) is 0.591. The summed E-state index contributed by atoms with van der Waals surface area (Å²) in [5, 5.41) is 2.85. The number of halogens is 1. The summed E-state index contributed by atoms with van der Waals surface area (Å²) in [5.41, 5.74) is -0.334. The second-order valence-electron chi connectivity index (χ2n) is 9.39. The minimum Gasteiger partial charge on any atom is -0.340 e. The Kier molecular flexibility index (Phi) is 5.70. The molecule has 1 heterocycles. The summed E-state index contributed by atoms with van der Waals surface area (Å²) in [7, 11) is 1.54. The summed E-state index contributed by atoms with van der Waals surface area (Å²) in [6.07, 6.45) is 2.92. The second-order valence-corrected chi connectivity index (χ2v) is 9.39. The Hall–Kier alpha value is -2.44. The molecule has 1 saturated heterocycles. The maximum Gasteiger partial charge on any atom is 0.325 e. The summed E-state index contributed by atoms with van der Waals surface area (Å²) in [4.78, 5) is 40.4. The third kappa shape index (κ3) is 4.28. The maximum absolute atomic E-state index is 13.8. The number of carbonyl (C=O) groups excluding carboxylic acids is 3. The topological polar surface area (TPSA) is 69.7 Å². The summed E-state index contributed by atoms with van der Waals surface area (Å²) < 4.78 is 13.8. The van der Waals surface area contributed by atoms with Gasteiger partial charge in [0.2, 0.25) is 5.91 Å². The van der Waals surface area contributed by atoms with Gasteiger partial charge in [-0.1, -0.05) is 39.0 Å². The number of hydrogen-bond acceptors (Lipinski definition) is 3. The van der Waals surface area contributed by atoms with Gasteiger partial charge >= 0.3 is 6.03 Å². The van der Waals surface area contributed by atoms with Gasteiger partial charge in [0.05, 0.1) is 0 Å². The first-order chi connectivity index (χ1) is 13.5. The molecule has 1 aliphatic carbocycles. The Morgan fingerprint density at radius 2 is 1.86 bits per heavy atom. The molecule has 1 aliphatic heterocycles. The van der Waals surface area contributed by atoms with Gasteiger partial charge < -0.3 is 10.2 Å². The van der Waals surface area contributed by atoms with E-state index in [-0.39, 0.29) is 24.4 Å². The molecule has 1 saturated carbocycles. The standard InChI is InChI=1S/C22H30FN3O3/c1-21(2,3)16-9-11-22(12-10-16)19(28)26(20(29)24-22)14-18(27)25(4)13-15-7-5-6-8-17(15)23/h5-8,16H,9-14H2,1-4H3,(H,24,29). The van der Waals surface area contributed by atoms with Crippen molar-refractivity contribution in [3.05, 3.63) is 35.6 Å². The van der Waals surface area contributed by atoms with Crippen molar-refractivity contribution < 1.29 is 18.8 Å². The minimum absolute atomic E-state index is 0.0769. The molecule has 0 unspecified atom stereocenters. The highest BCUT2D eigenvalue weighted by molar-refractivity contribution is 6.09. The number of nitrogens with zero attached hydrogens (tertiary/aromatic N) is 2. The lowest BCUT2D eigenvalue weighted by atomic mass is 9.67. The van der Waals surface area contributed by atoms with E-state index in [2.05, 4.69) is 26.1 Å². The number of rotatable bonds is 4. The van der Waals surface area contributed by atoms with Gasteiger partial charge in [-0.25, -0.2) is 9.18 Å². The van der Waals surface area contributed by atoms with Crippen LogP contribution in [-0.2, 0) is 16.1 Å². The van der Waals surface area contributed by atoms with Crippen LogP contribution in [0.5, 0.6) is 0 Å². The van der Waals surface area contributed by atoms with Crippen molar-refractivity contribution in [1.82, 2.24) is 15.1 Å². The van der Waals surface area contributed by atoms with Crippen LogP contribution in [0.25, 0.3) is 0 Å². The zero-order valence-corrected chi connectivity index (χ0v) is 17.6. The van der Waals surface area contributed by atoms with Crippen molar-refractivity contribution in [2.24, 2.45) is 11.3 Å². The van der Waals surface area contributed by atoms with E-state index in [1.54, 1.807) is 18.2 Å². The number of nitrogens with one attached hydrogen (secondary N) is 1. The first-order valence-corrected chi connectivity index (χ1v) is 10.1. The molecule has 0 bridgehead atoms. The Morgan fingerprint density at radius 3 is 2.45 bits per heavy atom. The lowest BCUT2D eigenvalue weighted by Crippen LogP contribution is -2.51. The lowest BCUT2D eigenvalue weighted by molar-refractivity contribution is -0.139. The average Bonchev–Trinajstić information content (AvgIpc) is 2.87. The van der Waals surface area contributed by atoms with Crippen LogP contribution in [0.1, 0.15) is 52.0 Å². The monoisotopic (exact) mass is 403 g/mol. The second kappa shape index (κ2) is 7.76. The van der Waals surface area contributed by atoms with Gasteiger partial charge in [-0.05, 0) is 43.1 Å². The van der Waals surface area contributed by atoms with Crippen LogP contribution in [0.2, 0.25) is 0 Å². The Bertz CT molecular complexity index is 810. The quantitative estimate of drug-likeness (QED) is 0.784. The van der Waals surface area contributed by atoms with Crippen LogP contribution in [0.3, 0.4) is 0 Å². The van der Waals surface area contributed by atoms with E-state index in [1.807, 2.05) is 0 Å². The third-order valence-corrected chi connectivity index (χ3v) is 6.39. The highest BCUT2D eigenvalue weighted by Crippen LogP contribution is 2.43. The molecule has 1 aromatic rings. The van der Waals surface area contributed by atoms with E-state index in [1.165, 1.54) is 18.0 Å². The lowest BCUT2D eigenvalue weighted by Gasteiger charge is -2.40. The molecule has 1 spiro atoms. The van der Waals surface area contributed by atoms with Gasteiger partial charge in [0.1, 0.15) is 17.9 Å². The van der Waals surface area contributed by atoms with Gasteiger partial charge in [0.25, 0.3) is 5.91 Å². The number of benzene rings is 1. The van der Waals surface area contributed by atoms with E-state index in [0.29, 0.717) is 24.3 Å². The van der Waals surface area contributed by atoms with E-state index < -0.39 is 23.3 Å². The molecule has 0 atom stereocenters. The molecular weight excluding hydrogens is 373 g/mol. The van der Waals surface area contributed by atoms with Gasteiger partial charge in [0, 0.05) is 19.2 Å². The summed E-state index contributed by atoms with van der Waals surface area (Å²) in [6, 6.07) is 5.71. The smallest absolute Gasteiger partial charge is 0.325 e. The molecule has 2 fully saturated rings. The fourth-order valence-corrected chi connectivity index (χ4v) is 4.36. The Balaban J connectivity index is 1.63. The predicted octanol–water partition coefficient (Wildman–Crippen LogP) is 3.31. The van der Waals surface area contributed by atoms with Gasteiger partial charge in [-0.15, -0.1) is 0 Å². The number of imide groups is 1. The van der Waals surface area contributed by atoms with Crippen LogP contribution >= 0.6 is 0 Å². The van der Waals surface area contributed by atoms with Crippen molar-refractivity contribution in [2.75, 3.05) is 13.6 Å². The van der Waals surface area contributed by atoms with E-state index in [4.69, 9.17) is 0 Å². The van der Waals surface area contributed by atoms with Crippen LogP contribution in [0.4, 0.5) is 9.18 Å². The predicted molar refractivity (Wildman–Crippen MR) is 107 cm³/mol. The van der Waals surface area contributed by atoms with E-state index >= 15 is 0 Å². The van der Waals surface area contributed by atoms with Crippen LogP contribution in [0.15, 0.2) is 24.3 Å². The molecule has 4 amide bonds. The summed E-state index contributed by atoms with van der Waals surface area (Å²) in [6.45, 7) is 6.33. The van der Waals surface area contributed by atoms with Crippen LogP contribution in [-0.4, -0.2) is 46.8 Å². The summed E-state index contributed by atoms with van der Waals surface area (Å²) >= 11 is 0. The SMILES string of the molecule is CN(Cc1ccccc1F)C(=O)CN1C(=O)NC2(CCC(C(C)(C)C)CC2)C1=O. The number of hydrogen-bond donors (Lipinski definition) is 1. The minimum atomic E-state index is -0.886. The normalized spacial score (nSPS) is 24.7. The Morgan fingerprint density at radius 1 is 1.24 bits per heavy atom. The van der Waals surface area contributed by atoms with Crippen LogP contribution < -0.4 is 5.32 Å². The molecule has 1 N–H and O–H groups in total. The van der Waals surface area contributed by atoms with Crippen molar-refractivity contribution in [3.8, 4) is 0 Å². The number of urea groups is 1. The van der Waals surface area contributed by atoms with Crippen LogP contribution in [0, 0.1) is 17.2 Å². The largest absolute Gasteiger partial charge is 0.340 e. The van der Waals surface area contributed by atoms with Crippen molar-refractivity contribution in [1.29, 1.82) is 0 Å². The highest BCUT2D eigenvalue weighted by atomic mass is 19.1. The molecule has 2 aliphatic rings. The molecule has 158 valence electrons. The average molecular weight is 403 g/mol. The molecule has 0 radical (unpaired) electrons. The first-order valence-electron chi connectivity index (χ1n) is 10.1. The molecule has 7 heteroatoms. The summed E-state index contributed by atoms with van der Waals surface area (Å²) in [5.74, 6) is -0.614. The Labute approximate surface area is 171 Å². The van der Waals surface area contributed by atoms with Gasteiger partial charge in [-0.3, -0.25) is 14.5 Å². The maximum atomic E-state index is 13.8. The fourth-order valence-electron chi connectivity index (χ4n) is 4.36. The van der Waals surface area contributed by atoms with Crippen molar-refractivity contribution >= 4 is 17.8 Å². The molecular formula is C22H30FN3O3. The molecule has 6 nitrogen and oxygen atoms in total. The number of amides is 4. The third-order valence-electron chi connectivity index (χ3n) is 6.39.